The number of hydrogen-bond acceptors (Lipinski definition) is 2. The zero-order valence-corrected chi connectivity index (χ0v) is 14.4. The molecular formula is C21H25N3. The molecule has 0 spiro atoms. The summed E-state index contributed by atoms with van der Waals surface area (Å²) in [6.07, 6.45) is 4.01. The first kappa shape index (κ1) is 15.4. The van der Waals surface area contributed by atoms with Crippen molar-refractivity contribution in [3.05, 3.63) is 65.5 Å². The van der Waals surface area contributed by atoms with E-state index in [9.17, 15) is 0 Å². The summed E-state index contributed by atoms with van der Waals surface area (Å²) in [6.45, 7) is 6.39. The van der Waals surface area contributed by atoms with Crippen LogP contribution in [0.15, 0.2) is 48.5 Å². The average Bonchev–Trinajstić information content (AvgIpc) is 2.95. The van der Waals surface area contributed by atoms with Gasteiger partial charge in [0.1, 0.15) is 5.82 Å². The lowest BCUT2D eigenvalue weighted by Crippen LogP contribution is -2.30. The van der Waals surface area contributed by atoms with E-state index in [1.165, 1.54) is 54.8 Å². The van der Waals surface area contributed by atoms with Gasteiger partial charge in [0.15, 0.2) is 0 Å². The smallest absolute Gasteiger partial charge is 0.124 e. The quantitative estimate of drug-likeness (QED) is 0.711. The molecule has 0 aliphatic carbocycles. The molecule has 1 aliphatic heterocycles. The first-order chi connectivity index (χ1) is 11.8. The third kappa shape index (κ3) is 3.22. The number of likely N-dealkylation sites (tertiary alicyclic amines) is 1. The molecule has 1 fully saturated rings. The minimum Gasteiger partial charge on any atom is -0.322 e. The van der Waals surface area contributed by atoms with Crippen molar-refractivity contribution in [3.8, 4) is 0 Å². The van der Waals surface area contributed by atoms with Crippen molar-refractivity contribution in [1.29, 1.82) is 0 Å². The maximum absolute atomic E-state index is 4.94. The van der Waals surface area contributed by atoms with Crippen LogP contribution in [0.2, 0.25) is 0 Å². The number of benzene rings is 2. The number of aryl methyl sites for hydroxylation is 1. The van der Waals surface area contributed by atoms with Crippen molar-refractivity contribution in [2.75, 3.05) is 13.1 Å². The summed E-state index contributed by atoms with van der Waals surface area (Å²) in [5.41, 5.74) is 4.99. The van der Waals surface area contributed by atoms with Crippen molar-refractivity contribution in [2.24, 2.45) is 0 Å². The van der Waals surface area contributed by atoms with Crippen LogP contribution in [0.25, 0.3) is 11.0 Å². The number of fused-ring (bicyclic) bond motifs is 1. The Balaban J connectivity index is 1.68. The number of para-hydroxylation sites is 2. The minimum atomic E-state index is 0.893. The van der Waals surface area contributed by atoms with Gasteiger partial charge in [0.05, 0.1) is 17.6 Å². The third-order valence-corrected chi connectivity index (χ3v) is 5.01. The molecule has 4 rings (SSSR count). The van der Waals surface area contributed by atoms with Gasteiger partial charge in [-0.1, -0.05) is 48.4 Å². The summed E-state index contributed by atoms with van der Waals surface area (Å²) >= 11 is 0. The van der Waals surface area contributed by atoms with Crippen LogP contribution in [0.3, 0.4) is 0 Å². The monoisotopic (exact) mass is 319 g/mol. The topological polar surface area (TPSA) is 21.1 Å². The standard InChI is InChI=1S/C21H25N3/c1-17-9-11-18(12-10-17)15-24-20-8-4-3-7-19(20)22-21(24)16-23-13-5-2-6-14-23/h3-4,7-12H,2,5-6,13-16H2,1H3. The van der Waals surface area contributed by atoms with E-state index >= 15 is 0 Å². The number of piperidine rings is 1. The van der Waals surface area contributed by atoms with Crippen molar-refractivity contribution >= 4 is 11.0 Å². The van der Waals surface area contributed by atoms with Gasteiger partial charge in [0.25, 0.3) is 0 Å². The second-order valence-corrected chi connectivity index (χ2v) is 6.93. The van der Waals surface area contributed by atoms with E-state index in [-0.39, 0.29) is 0 Å². The molecule has 3 heteroatoms. The van der Waals surface area contributed by atoms with Crippen molar-refractivity contribution in [3.63, 3.8) is 0 Å². The average molecular weight is 319 g/mol. The summed E-state index contributed by atoms with van der Waals surface area (Å²) in [6, 6.07) is 17.4. The van der Waals surface area contributed by atoms with Gasteiger partial charge in [-0.25, -0.2) is 4.98 Å². The lowest BCUT2D eigenvalue weighted by Gasteiger charge is -2.26. The van der Waals surface area contributed by atoms with Crippen LogP contribution in [0.5, 0.6) is 0 Å². The first-order valence-corrected chi connectivity index (χ1v) is 9.02. The lowest BCUT2D eigenvalue weighted by molar-refractivity contribution is 0.214. The molecule has 0 saturated carbocycles. The van der Waals surface area contributed by atoms with E-state index in [1.807, 2.05) is 0 Å². The normalized spacial score (nSPS) is 15.9. The van der Waals surface area contributed by atoms with Gasteiger partial charge in [0, 0.05) is 6.54 Å². The molecule has 1 aromatic heterocycles. The van der Waals surface area contributed by atoms with Crippen molar-refractivity contribution in [1.82, 2.24) is 14.5 Å². The maximum Gasteiger partial charge on any atom is 0.124 e. The number of imidazole rings is 1. The predicted molar refractivity (Wildman–Crippen MR) is 99.1 cm³/mol. The van der Waals surface area contributed by atoms with Gasteiger partial charge in [0.2, 0.25) is 0 Å². The van der Waals surface area contributed by atoms with Crippen LogP contribution in [0.4, 0.5) is 0 Å². The van der Waals surface area contributed by atoms with Gasteiger partial charge < -0.3 is 4.57 Å². The Kier molecular flexibility index (Phi) is 4.35. The molecule has 0 atom stereocenters. The van der Waals surface area contributed by atoms with Crippen LogP contribution in [0.1, 0.15) is 36.2 Å². The van der Waals surface area contributed by atoms with Gasteiger partial charge in [-0.05, 0) is 50.6 Å². The summed E-state index contributed by atoms with van der Waals surface area (Å²) in [5, 5.41) is 0. The SMILES string of the molecule is Cc1ccc(Cn2c(CN3CCCCC3)nc3ccccc32)cc1. The molecule has 1 aliphatic rings. The molecule has 3 aromatic rings. The molecule has 0 unspecified atom stereocenters. The number of nitrogens with zero attached hydrogens (tertiary/aromatic N) is 3. The summed E-state index contributed by atoms with van der Waals surface area (Å²) in [5.74, 6) is 1.19. The molecule has 0 radical (unpaired) electrons. The molecular weight excluding hydrogens is 294 g/mol. The van der Waals surface area contributed by atoms with Crippen LogP contribution in [-0.2, 0) is 13.1 Å². The zero-order valence-electron chi connectivity index (χ0n) is 14.4. The molecule has 1 saturated heterocycles. The van der Waals surface area contributed by atoms with Gasteiger partial charge >= 0.3 is 0 Å². The Bertz CT molecular complexity index is 811. The minimum absolute atomic E-state index is 0.893. The van der Waals surface area contributed by atoms with E-state index in [1.54, 1.807) is 0 Å². The van der Waals surface area contributed by atoms with Gasteiger partial charge in [-0.15, -0.1) is 0 Å². The summed E-state index contributed by atoms with van der Waals surface area (Å²) in [7, 11) is 0. The summed E-state index contributed by atoms with van der Waals surface area (Å²) < 4.78 is 2.40. The molecule has 0 amide bonds. The predicted octanol–water partition coefficient (Wildman–Crippen LogP) is 4.38. The molecule has 2 heterocycles. The van der Waals surface area contributed by atoms with E-state index in [4.69, 9.17) is 4.98 Å². The van der Waals surface area contributed by atoms with Gasteiger partial charge in [-0.3, -0.25) is 4.90 Å². The number of rotatable bonds is 4. The third-order valence-electron chi connectivity index (χ3n) is 5.01. The number of hydrogen-bond donors (Lipinski definition) is 0. The fraction of sp³-hybridized carbons (Fsp3) is 0.381. The Morgan fingerprint density at radius 1 is 0.875 bits per heavy atom. The molecule has 0 bridgehead atoms. The fourth-order valence-corrected chi connectivity index (χ4v) is 3.62. The van der Waals surface area contributed by atoms with E-state index < -0.39 is 0 Å². The van der Waals surface area contributed by atoms with E-state index in [2.05, 4.69) is 64.9 Å². The summed E-state index contributed by atoms with van der Waals surface area (Å²) in [4.78, 5) is 7.49. The highest BCUT2D eigenvalue weighted by Crippen LogP contribution is 2.21. The lowest BCUT2D eigenvalue weighted by atomic mass is 10.1. The largest absolute Gasteiger partial charge is 0.322 e. The van der Waals surface area contributed by atoms with E-state index in [0.29, 0.717) is 0 Å². The number of aromatic nitrogens is 2. The van der Waals surface area contributed by atoms with Crippen LogP contribution >= 0.6 is 0 Å². The zero-order chi connectivity index (χ0) is 16.4. The first-order valence-electron chi connectivity index (χ1n) is 9.02. The Hall–Kier alpha value is -2.13. The molecule has 0 N–H and O–H groups in total. The second kappa shape index (κ2) is 6.78. The fourth-order valence-electron chi connectivity index (χ4n) is 3.62. The molecule has 3 nitrogen and oxygen atoms in total. The van der Waals surface area contributed by atoms with Crippen LogP contribution in [0, 0.1) is 6.92 Å². The van der Waals surface area contributed by atoms with Crippen molar-refractivity contribution in [2.45, 2.75) is 39.3 Å². The van der Waals surface area contributed by atoms with Crippen LogP contribution in [-0.4, -0.2) is 27.5 Å². The second-order valence-electron chi connectivity index (χ2n) is 6.93. The van der Waals surface area contributed by atoms with Crippen LogP contribution < -0.4 is 0 Å². The molecule has 2 aromatic carbocycles. The Morgan fingerprint density at radius 3 is 2.42 bits per heavy atom. The molecule has 124 valence electrons. The van der Waals surface area contributed by atoms with Crippen molar-refractivity contribution < 1.29 is 0 Å². The van der Waals surface area contributed by atoms with E-state index in [0.717, 1.165) is 18.6 Å². The Labute approximate surface area is 143 Å². The Morgan fingerprint density at radius 2 is 1.62 bits per heavy atom. The highest BCUT2D eigenvalue weighted by molar-refractivity contribution is 5.76. The van der Waals surface area contributed by atoms with Gasteiger partial charge in [-0.2, -0.15) is 0 Å². The maximum atomic E-state index is 4.94. The highest BCUT2D eigenvalue weighted by atomic mass is 15.2. The molecule has 24 heavy (non-hydrogen) atoms. The highest BCUT2D eigenvalue weighted by Gasteiger charge is 2.16.